The van der Waals surface area contributed by atoms with Gasteiger partial charge in [-0.2, -0.15) is 0 Å². The maximum Gasteiger partial charge on any atom is 0.165 e. The molecule has 0 saturated carbocycles. The minimum atomic E-state index is -0.600. The van der Waals surface area contributed by atoms with E-state index in [9.17, 15) is 8.78 Å². The van der Waals surface area contributed by atoms with Gasteiger partial charge >= 0.3 is 0 Å². The first-order valence-electron chi connectivity index (χ1n) is 5.95. The fourth-order valence-electron chi connectivity index (χ4n) is 1.57. The van der Waals surface area contributed by atoms with Crippen molar-refractivity contribution in [3.63, 3.8) is 0 Å². The van der Waals surface area contributed by atoms with Gasteiger partial charge in [0.1, 0.15) is 19.0 Å². The van der Waals surface area contributed by atoms with Gasteiger partial charge in [-0.05, 0) is 29.8 Å². The largest absolute Gasteiger partial charge is 0.486 e. The molecule has 0 aliphatic heterocycles. The summed E-state index contributed by atoms with van der Waals surface area (Å²) < 4.78 is 31.5. The molecule has 0 radical (unpaired) electrons. The average Bonchev–Trinajstić information content (AvgIpc) is 2.47. The van der Waals surface area contributed by atoms with E-state index in [0.29, 0.717) is 0 Å². The van der Waals surface area contributed by atoms with Gasteiger partial charge in [0.05, 0.1) is 0 Å². The van der Waals surface area contributed by atoms with Crippen LogP contribution in [0, 0.1) is 23.5 Å². The van der Waals surface area contributed by atoms with Crippen LogP contribution in [-0.4, -0.2) is 11.7 Å². The summed E-state index contributed by atoms with van der Waals surface area (Å²) in [6.07, 6.45) is 0. The molecule has 20 heavy (non-hydrogen) atoms. The molecule has 0 spiro atoms. The Labute approximate surface area is 115 Å². The van der Waals surface area contributed by atoms with E-state index in [1.54, 1.807) is 24.3 Å². The van der Waals surface area contributed by atoms with E-state index in [-0.39, 0.29) is 19.0 Å². The first kappa shape index (κ1) is 14.0. The van der Waals surface area contributed by atoms with Crippen LogP contribution in [0.4, 0.5) is 8.78 Å². The molecule has 2 rings (SSSR count). The van der Waals surface area contributed by atoms with E-state index in [0.717, 1.165) is 29.3 Å². The van der Waals surface area contributed by atoms with E-state index in [1.807, 2.05) is 0 Å². The zero-order valence-electron chi connectivity index (χ0n) is 10.6. The van der Waals surface area contributed by atoms with Crippen molar-refractivity contribution < 1.29 is 18.6 Å². The van der Waals surface area contributed by atoms with Crippen LogP contribution in [0.15, 0.2) is 42.5 Å². The van der Waals surface area contributed by atoms with Crippen molar-refractivity contribution in [3.8, 4) is 17.6 Å². The molecular weight excluding hydrogens is 262 g/mol. The Morgan fingerprint density at radius 3 is 2.50 bits per heavy atom. The third-order valence-electron chi connectivity index (χ3n) is 2.55. The van der Waals surface area contributed by atoms with Gasteiger partial charge in [0.15, 0.2) is 11.6 Å². The molecule has 0 heterocycles. The highest BCUT2D eigenvalue weighted by atomic mass is 19.1. The predicted molar refractivity (Wildman–Crippen MR) is 71.1 cm³/mol. The number of benzene rings is 2. The standard InChI is InChI=1S/C16H12F2O2/c17-14-7-8-15(18)16(10-14)20-11-13-5-3-12(4-6-13)2-1-9-19/h3-8,10,19H,9,11H2. The Kier molecular flexibility index (Phi) is 4.70. The van der Waals surface area contributed by atoms with Crippen LogP contribution in [-0.2, 0) is 6.61 Å². The van der Waals surface area contributed by atoms with E-state index in [4.69, 9.17) is 9.84 Å². The first-order valence-corrected chi connectivity index (χ1v) is 5.95. The smallest absolute Gasteiger partial charge is 0.165 e. The molecule has 4 heteroatoms. The number of hydrogen-bond donors (Lipinski definition) is 1. The minimum Gasteiger partial charge on any atom is -0.486 e. The molecule has 0 saturated heterocycles. The van der Waals surface area contributed by atoms with Crippen molar-refractivity contribution in [2.24, 2.45) is 0 Å². The lowest BCUT2D eigenvalue weighted by Gasteiger charge is -2.07. The summed E-state index contributed by atoms with van der Waals surface area (Å²) in [6.45, 7) is -0.0577. The number of rotatable bonds is 3. The molecular formula is C16H12F2O2. The Hall–Kier alpha value is -2.38. The normalized spacial score (nSPS) is 9.75. The SMILES string of the molecule is OCC#Cc1ccc(COc2cc(F)ccc2F)cc1. The number of aliphatic hydroxyl groups excluding tert-OH is 1. The Morgan fingerprint density at radius 2 is 1.80 bits per heavy atom. The Balaban J connectivity index is 2.02. The lowest BCUT2D eigenvalue weighted by Crippen LogP contribution is -1.98. The van der Waals surface area contributed by atoms with E-state index >= 15 is 0 Å². The number of aliphatic hydroxyl groups is 1. The molecule has 0 bridgehead atoms. The van der Waals surface area contributed by atoms with Crippen LogP contribution < -0.4 is 4.74 Å². The van der Waals surface area contributed by atoms with Crippen LogP contribution >= 0.6 is 0 Å². The molecule has 0 unspecified atom stereocenters. The van der Waals surface area contributed by atoms with Crippen LogP contribution in [0.3, 0.4) is 0 Å². The molecule has 0 fully saturated rings. The second-order valence-corrected chi connectivity index (χ2v) is 4.02. The predicted octanol–water partition coefficient (Wildman–Crippen LogP) is 2.89. The highest BCUT2D eigenvalue weighted by Gasteiger charge is 2.05. The highest BCUT2D eigenvalue weighted by Crippen LogP contribution is 2.19. The van der Waals surface area contributed by atoms with Crippen LogP contribution in [0.25, 0.3) is 0 Å². The topological polar surface area (TPSA) is 29.5 Å². The van der Waals surface area contributed by atoms with Crippen molar-refractivity contribution in [1.82, 2.24) is 0 Å². The number of hydrogen-bond acceptors (Lipinski definition) is 2. The van der Waals surface area contributed by atoms with Crippen molar-refractivity contribution >= 4 is 0 Å². The molecule has 2 nitrogen and oxygen atoms in total. The molecule has 0 amide bonds. The summed E-state index contributed by atoms with van der Waals surface area (Å²) >= 11 is 0. The van der Waals surface area contributed by atoms with Gasteiger partial charge in [0.2, 0.25) is 0 Å². The first-order chi connectivity index (χ1) is 9.69. The highest BCUT2D eigenvalue weighted by molar-refractivity contribution is 5.36. The summed E-state index contributed by atoms with van der Waals surface area (Å²) in [4.78, 5) is 0. The van der Waals surface area contributed by atoms with Gasteiger partial charge in [0.25, 0.3) is 0 Å². The molecule has 0 aliphatic carbocycles. The molecule has 2 aromatic carbocycles. The van der Waals surface area contributed by atoms with Gasteiger partial charge in [-0.15, -0.1) is 0 Å². The van der Waals surface area contributed by atoms with Gasteiger partial charge in [-0.25, -0.2) is 8.78 Å². The third kappa shape index (κ3) is 3.81. The minimum absolute atomic E-state index is 0.117. The molecule has 1 N–H and O–H groups in total. The quantitative estimate of drug-likeness (QED) is 0.872. The lowest BCUT2D eigenvalue weighted by atomic mass is 10.1. The van der Waals surface area contributed by atoms with Gasteiger partial charge in [-0.3, -0.25) is 0 Å². The molecule has 0 aliphatic rings. The average molecular weight is 274 g/mol. The Bertz CT molecular complexity index is 640. The van der Waals surface area contributed by atoms with Gasteiger partial charge in [0, 0.05) is 11.6 Å². The monoisotopic (exact) mass is 274 g/mol. The van der Waals surface area contributed by atoms with E-state index in [1.165, 1.54) is 0 Å². The van der Waals surface area contributed by atoms with E-state index in [2.05, 4.69) is 11.8 Å². The van der Waals surface area contributed by atoms with Crippen molar-refractivity contribution in [2.75, 3.05) is 6.61 Å². The second kappa shape index (κ2) is 6.69. The molecule has 0 atom stereocenters. The summed E-state index contributed by atoms with van der Waals surface area (Å²) in [5.41, 5.74) is 1.57. The molecule has 2 aromatic rings. The second-order valence-electron chi connectivity index (χ2n) is 4.02. The molecule has 0 aromatic heterocycles. The number of halogens is 2. The van der Waals surface area contributed by atoms with Gasteiger partial charge in [-0.1, -0.05) is 24.0 Å². The van der Waals surface area contributed by atoms with E-state index < -0.39 is 11.6 Å². The van der Waals surface area contributed by atoms with Gasteiger partial charge < -0.3 is 9.84 Å². The third-order valence-corrected chi connectivity index (χ3v) is 2.55. The maximum absolute atomic E-state index is 13.3. The summed E-state index contributed by atoms with van der Waals surface area (Å²) in [6, 6.07) is 10.2. The zero-order valence-corrected chi connectivity index (χ0v) is 10.6. The van der Waals surface area contributed by atoms with Crippen LogP contribution in [0.2, 0.25) is 0 Å². The van der Waals surface area contributed by atoms with Crippen molar-refractivity contribution in [1.29, 1.82) is 0 Å². The molecule has 102 valence electrons. The Morgan fingerprint density at radius 1 is 1.05 bits per heavy atom. The number of ether oxygens (including phenoxy) is 1. The summed E-state index contributed by atoms with van der Waals surface area (Å²) in [5, 5.41) is 8.58. The fourth-order valence-corrected chi connectivity index (χ4v) is 1.57. The van der Waals surface area contributed by atoms with Crippen molar-refractivity contribution in [3.05, 3.63) is 65.2 Å². The van der Waals surface area contributed by atoms with Crippen LogP contribution in [0.5, 0.6) is 5.75 Å². The van der Waals surface area contributed by atoms with Crippen molar-refractivity contribution in [2.45, 2.75) is 6.61 Å². The maximum atomic E-state index is 13.3. The zero-order chi connectivity index (χ0) is 14.4. The summed E-state index contributed by atoms with van der Waals surface area (Å²) in [7, 11) is 0. The fraction of sp³-hybridized carbons (Fsp3) is 0.125. The lowest BCUT2D eigenvalue weighted by molar-refractivity contribution is 0.288. The van der Waals surface area contributed by atoms with Crippen LogP contribution in [0.1, 0.15) is 11.1 Å². The summed E-state index contributed by atoms with van der Waals surface area (Å²) in [5.74, 6) is 4.04.